The number of Topliss-reactive ketones (excluding diaryl/α,β-unsaturated/α-hetero) is 3. The van der Waals surface area contributed by atoms with E-state index in [1.54, 1.807) is 0 Å². The molecule has 25 atom stereocenters. The number of carbonyl (C=O) groups is 3. The van der Waals surface area contributed by atoms with Crippen LogP contribution in [-0.4, -0.2) is 183 Å². The van der Waals surface area contributed by atoms with Crippen molar-refractivity contribution in [3.63, 3.8) is 0 Å². The molecule has 3 aliphatic carbocycles. The lowest BCUT2D eigenvalue weighted by Crippen LogP contribution is -2.33. The second-order valence-corrected chi connectivity index (χ2v) is 44.6. The minimum atomic E-state index is -1.04. The van der Waals surface area contributed by atoms with Crippen LogP contribution in [0.4, 0.5) is 17.6 Å². The highest BCUT2D eigenvalue weighted by Gasteiger charge is 2.45. The first-order valence-corrected chi connectivity index (χ1v) is 58.3. The summed E-state index contributed by atoms with van der Waals surface area (Å²) in [5, 5.41) is 63.9. The van der Waals surface area contributed by atoms with Crippen molar-refractivity contribution >= 4 is 17.3 Å². The molecule has 6 aliphatic heterocycles. The van der Waals surface area contributed by atoms with E-state index >= 15 is 0 Å². The molecule has 15 nitrogen and oxygen atoms in total. The Labute approximate surface area is 827 Å². The molecular formula is C117H206F4O15. The number of halogens is 4. The summed E-state index contributed by atoms with van der Waals surface area (Å²) in [6.07, 6.45) is 76.0. The molecule has 6 N–H and O–H groups in total. The number of hydrogen-bond acceptors (Lipinski definition) is 15. The van der Waals surface area contributed by atoms with Crippen molar-refractivity contribution in [2.24, 2.45) is 17.8 Å². The van der Waals surface area contributed by atoms with Crippen molar-refractivity contribution in [1.82, 2.24) is 0 Å². The number of allylic oxidation sites excluding steroid dienone is 5. The maximum atomic E-state index is 15.0. The van der Waals surface area contributed by atoms with E-state index in [2.05, 4.69) is 20.8 Å². The van der Waals surface area contributed by atoms with Gasteiger partial charge in [0.2, 0.25) is 0 Å². The Balaban J connectivity index is 0.000000279. The van der Waals surface area contributed by atoms with Crippen LogP contribution < -0.4 is 0 Å². The first-order chi connectivity index (χ1) is 66.0. The van der Waals surface area contributed by atoms with Crippen LogP contribution in [0, 0.1) is 17.8 Å². The first kappa shape index (κ1) is 120. The molecule has 0 bridgehead atoms. The number of rotatable bonds is 78. The molecule has 0 aromatic rings. The Morgan fingerprint density at radius 3 is 0.669 bits per heavy atom. The van der Waals surface area contributed by atoms with Gasteiger partial charge in [0.15, 0.2) is 17.3 Å². The van der Waals surface area contributed by atoms with E-state index in [1.807, 2.05) is 39.0 Å². The molecule has 792 valence electrons. The summed E-state index contributed by atoms with van der Waals surface area (Å²) in [6.45, 7) is 12.8. The van der Waals surface area contributed by atoms with Crippen LogP contribution in [0.1, 0.15) is 536 Å². The van der Waals surface area contributed by atoms with Gasteiger partial charge in [-0.15, -0.1) is 0 Å². The number of carbonyl (C=O) groups excluding carboxylic acids is 3. The highest BCUT2D eigenvalue weighted by molar-refractivity contribution is 5.99. The van der Waals surface area contributed by atoms with E-state index in [4.69, 9.17) is 28.4 Å². The van der Waals surface area contributed by atoms with E-state index in [9.17, 15) is 62.6 Å². The molecule has 1 unspecified atom stereocenters. The molecule has 6 heterocycles. The lowest BCUT2D eigenvalue weighted by Gasteiger charge is -2.24. The second kappa shape index (κ2) is 73.5. The van der Waals surface area contributed by atoms with E-state index in [0.717, 1.165) is 231 Å². The fourth-order valence-corrected chi connectivity index (χ4v) is 23.3. The molecule has 0 radical (unpaired) electrons. The summed E-state index contributed by atoms with van der Waals surface area (Å²) < 4.78 is 95.4. The van der Waals surface area contributed by atoms with Gasteiger partial charge in [0.25, 0.3) is 0 Å². The lowest BCUT2D eigenvalue weighted by atomic mass is 9.99. The third-order valence-electron chi connectivity index (χ3n) is 31.8. The van der Waals surface area contributed by atoms with Gasteiger partial charge in [-0.2, -0.15) is 0 Å². The van der Waals surface area contributed by atoms with Gasteiger partial charge in [-0.25, -0.2) is 17.6 Å². The standard InChI is InChI=1S/C41H73FO6.C40H70F2O4.C36H63FO5/c1-3-4-5-6-7-8-9-10-11-12-15-18-21-35(44)38-23-25-40(47-38)41-26-24-39(48-41)36(45)22-19-16-13-14-17-20-33(42)30-34(43)29-32-27-31(2)28-37(32)46;1-3-4-5-6-7-8-9-10-11-12-17-20-23-35(43)38-25-27-40(46-38)39-26-24-37(45-39)34(42)22-19-16-14-13-15-18-21-33(41)30-32-28-31(2)29-36(32)44;1-3-4-5-6-7-8-12-15-18-30(38)33-20-22-35(41-33)36-23-21-34(42-36)31(39)19-16-13-10-9-11-14-17-29(37)26-28-24-27(2)25-32(28)40/h27,31,33-36,38-41,43-45H,3-26,28-30H2,1-2H3;28,31,33-35,37-40,43H,3-27,29-30H2,1-2H3;24,27,29-31,33-36,38-39H,3-23,25-26H2,1-2H3/t31-,33?,34-,35+,36+,38+,39+,40+,41+;31-,33+,34+,35+,37+,38+,39+,40+;27-,29+,30+,31+,33+,34+,35+,36+/m000/s1/i42-1;41-1,42-1;37-1. The summed E-state index contributed by atoms with van der Waals surface area (Å²) in [5.41, 5.74) is 2.06. The predicted molar refractivity (Wildman–Crippen MR) is 547 cm³/mol. The van der Waals surface area contributed by atoms with Gasteiger partial charge in [-0.3, -0.25) is 14.4 Å². The van der Waals surface area contributed by atoms with Gasteiger partial charge in [0.1, 0.15) is 24.7 Å². The molecule has 6 fully saturated rings. The molecule has 9 aliphatic rings. The van der Waals surface area contributed by atoms with Crippen molar-refractivity contribution in [2.45, 2.75) is 671 Å². The van der Waals surface area contributed by atoms with Gasteiger partial charge in [-0.1, -0.05) is 374 Å². The summed E-state index contributed by atoms with van der Waals surface area (Å²) in [6, 6.07) is 0. The van der Waals surface area contributed by atoms with Crippen molar-refractivity contribution in [3.8, 4) is 0 Å². The van der Waals surface area contributed by atoms with Gasteiger partial charge < -0.3 is 59.1 Å². The Morgan fingerprint density at radius 2 is 0.441 bits per heavy atom. The molecule has 19 heteroatoms. The zero-order valence-corrected chi connectivity index (χ0v) is 87.5. The maximum Gasteiger partial charge on any atom is 0.159 e. The van der Waals surface area contributed by atoms with Gasteiger partial charge >= 0.3 is 0 Å². The van der Waals surface area contributed by atoms with Crippen LogP contribution >= 0.6 is 0 Å². The average Bonchev–Trinajstić information content (AvgIpc) is 1.69. The zero-order chi connectivity index (χ0) is 97.7. The number of alkyl halides is 4. The summed E-state index contributed by atoms with van der Waals surface area (Å²) in [4.78, 5) is 35.6. The van der Waals surface area contributed by atoms with Crippen molar-refractivity contribution in [3.05, 3.63) is 34.9 Å². The Kier molecular flexibility index (Phi) is 65.1. The van der Waals surface area contributed by atoms with Crippen molar-refractivity contribution < 1.29 is 91.0 Å². The van der Waals surface area contributed by atoms with E-state index in [-0.39, 0.29) is 134 Å². The Morgan fingerprint density at radius 1 is 0.250 bits per heavy atom. The third kappa shape index (κ3) is 51.0. The molecule has 136 heavy (non-hydrogen) atoms. The number of hydrogen-bond donors (Lipinski definition) is 6. The fourth-order valence-electron chi connectivity index (χ4n) is 23.3. The van der Waals surface area contributed by atoms with Gasteiger partial charge in [0, 0.05) is 44.9 Å². The Bertz CT molecular complexity index is 3120. The van der Waals surface area contributed by atoms with E-state index in [0.29, 0.717) is 74.5 Å². The molecule has 0 aromatic carbocycles. The molecule has 0 spiro atoms. The number of aliphatic hydroxyl groups excluding tert-OH is 6. The highest BCUT2D eigenvalue weighted by atomic mass is 18.2. The van der Waals surface area contributed by atoms with Gasteiger partial charge in [-0.05, 0) is 169 Å². The lowest BCUT2D eigenvalue weighted by molar-refractivity contribution is -0.116. The smallest absolute Gasteiger partial charge is 0.159 e. The normalized spacial score (nSPS) is 27.4. The summed E-state index contributed by atoms with van der Waals surface area (Å²) in [5.74, 6) is 1.09. The molecular weight excluding hydrogens is 1720 g/mol. The van der Waals surface area contributed by atoms with Crippen LogP contribution in [0.3, 0.4) is 0 Å². The number of unbranched alkanes of at least 4 members (excludes halogenated alkanes) is 43. The van der Waals surface area contributed by atoms with Crippen LogP contribution in [0.2, 0.25) is 0 Å². The molecule has 0 aromatic heterocycles. The minimum absolute atomic E-state index is 0.0123. The van der Waals surface area contributed by atoms with Crippen LogP contribution in [0.5, 0.6) is 0 Å². The fraction of sp³-hybridized carbons (Fsp3) is 0.923. The number of ketones is 3. The molecule has 6 saturated heterocycles. The number of ether oxygens (including phenoxy) is 6. The SMILES string of the molecule is CCCCCCCCCCCCCC[C@@H](O)[C@H]1CC[C@H]([C@H]2CC[C@H]([C@H](O)CCCCCCCC([18F])C[C@@H](O)CC3=C[C@H](C)CC3=O)O2)O1.CCCCCCCCCCCCCC[C@@H](O)[C@H]1CC[C@H]([C@H]2CC[C@H]([C@H]([18F])CCCCCCCC[C@@H]([18F])CC3=C[C@H](C)CC3=O)O2)O1.CCCCCCCCCC[C@@H](O)[C@H]1CC[C@H]([C@H]2CC[C@H]([C@H](O)CCCCCCCC[C@@H]([18F])CC3=C[C@H](C)CC3=O)O2)O1. The largest absolute Gasteiger partial charge is 0.393 e. The maximum absolute atomic E-state index is 15.0. The average molecular weight is 1920 g/mol. The third-order valence-corrected chi connectivity index (χ3v) is 31.8. The van der Waals surface area contributed by atoms with Crippen molar-refractivity contribution in [2.75, 3.05) is 0 Å². The monoisotopic (exact) mass is 1920 g/mol. The quantitative estimate of drug-likeness (QED) is 0.0246. The van der Waals surface area contributed by atoms with Crippen LogP contribution in [0.25, 0.3) is 0 Å². The summed E-state index contributed by atoms with van der Waals surface area (Å²) in [7, 11) is 0. The molecule has 0 saturated carbocycles. The number of aliphatic hydroxyl groups is 6. The Hall–Kier alpha value is -2.53. The predicted octanol–water partition coefficient (Wildman–Crippen LogP) is 29.6. The molecule has 0 amide bonds. The first-order valence-electron chi connectivity index (χ1n) is 58.3. The van der Waals surface area contributed by atoms with Crippen molar-refractivity contribution in [1.29, 1.82) is 0 Å². The zero-order valence-electron chi connectivity index (χ0n) is 87.5. The van der Waals surface area contributed by atoms with Crippen LogP contribution in [0.15, 0.2) is 34.9 Å². The van der Waals surface area contributed by atoms with E-state index < -0.39 is 55.2 Å². The second-order valence-electron chi connectivity index (χ2n) is 44.6. The molecule has 9 rings (SSSR count). The van der Waals surface area contributed by atoms with Gasteiger partial charge in [0.05, 0.1) is 110 Å². The highest BCUT2D eigenvalue weighted by Crippen LogP contribution is 2.41. The van der Waals surface area contributed by atoms with E-state index in [1.165, 1.54) is 186 Å². The topological polar surface area (TPSA) is 228 Å². The summed E-state index contributed by atoms with van der Waals surface area (Å²) >= 11 is 0. The van der Waals surface area contributed by atoms with Crippen LogP contribution in [-0.2, 0) is 42.8 Å². The minimum Gasteiger partial charge on any atom is -0.393 e.